The number of aliphatic hydroxyl groups excluding tert-OH is 2. The van der Waals surface area contributed by atoms with E-state index in [9.17, 15) is 19.8 Å². The summed E-state index contributed by atoms with van der Waals surface area (Å²) >= 11 is 0. The number of ether oxygens (including phenoxy) is 1. The Bertz CT molecular complexity index is 982. The van der Waals surface area contributed by atoms with Crippen molar-refractivity contribution in [2.45, 2.75) is 315 Å². The van der Waals surface area contributed by atoms with Gasteiger partial charge in [0.2, 0.25) is 5.91 Å². The van der Waals surface area contributed by atoms with Crippen LogP contribution in [-0.4, -0.2) is 47.4 Å². The molecule has 0 aromatic heterocycles. The van der Waals surface area contributed by atoms with E-state index in [-0.39, 0.29) is 18.5 Å². The minimum absolute atomic E-state index is 0.00432. The summed E-state index contributed by atoms with van der Waals surface area (Å²) in [5, 5.41) is 23.1. The third kappa shape index (κ3) is 49.6. The van der Waals surface area contributed by atoms with Crippen LogP contribution in [0.3, 0.4) is 0 Å². The van der Waals surface area contributed by atoms with Gasteiger partial charge in [0, 0.05) is 12.8 Å². The highest BCUT2D eigenvalue weighted by molar-refractivity contribution is 5.76. The number of amides is 1. The molecule has 2 atom stereocenters. The largest absolute Gasteiger partial charge is 0.466 e. The second kappa shape index (κ2) is 53.0. The zero-order valence-corrected chi connectivity index (χ0v) is 42.3. The molecule has 0 heterocycles. The molecule has 0 bridgehead atoms. The van der Waals surface area contributed by atoms with Crippen LogP contribution in [0.15, 0.2) is 24.3 Å². The molecule has 0 fully saturated rings. The first-order valence-electron chi connectivity index (χ1n) is 28.1. The van der Waals surface area contributed by atoms with Crippen molar-refractivity contribution in [3.8, 4) is 0 Å². The molecule has 0 rings (SSSR count). The van der Waals surface area contributed by atoms with E-state index >= 15 is 0 Å². The first kappa shape index (κ1) is 61.3. The first-order chi connectivity index (χ1) is 31.0. The Morgan fingerprint density at radius 2 is 0.746 bits per heavy atom. The maximum atomic E-state index is 12.4. The van der Waals surface area contributed by atoms with Gasteiger partial charge in [0.1, 0.15) is 0 Å². The predicted octanol–water partition coefficient (Wildman–Crippen LogP) is 17.1. The molecule has 372 valence electrons. The fraction of sp³-hybridized carbons (Fsp3) is 0.895. The zero-order chi connectivity index (χ0) is 45.8. The highest BCUT2D eigenvalue weighted by Gasteiger charge is 2.18. The molecule has 2 unspecified atom stereocenters. The second-order valence-electron chi connectivity index (χ2n) is 19.3. The van der Waals surface area contributed by atoms with E-state index in [4.69, 9.17) is 4.74 Å². The van der Waals surface area contributed by atoms with Crippen LogP contribution in [0.4, 0.5) is 0 Å². The van der Waals surface area contributed by atoms with Gasteiger partial charge in [-0.1, -0.05) is 256 Å². The number of hydrogen-bond acceptors (Lipinski definition) is 5. The molecule has 0 radical (unpaired) electrons. The molecular formula is C57H109NO5. The lowest BCUT2D eigenvalue weighted by atomic mass is 10.0. The van der Waals surface area contributed by atoms with Gasteiger partial charge in [0.15, 0.2) is 0 Å². The Morgan fingerprint density at radius 3 is 1.13 bits per heavy atom. The maximum Gasteiger partial charge on any atom is 0.305 e. The molecule has 0 aromatic rings. The summed E-state index contributed by atoms with van der Waals surface area (Å²) in [5.74, 6) is -0.0774. The summed E-state index contributed by atoms with van der Waals surface area (Å²) in [5.41, 5.74) is 0. The Morgan fingerprint density at radius 1 is 0.429 bits per heavy atom. The number of carbonyl (C=O) groups is 2. The normalized spacial score (nSPS) is 12.8. The minimum Gasteiger partial charge on any atom is -0.466 e. The first-order valence-corrected chi connectivity index (χ1v) is 28.1. The van der Waals surface area contributed by atoms with Gasteiger partial charge in [-0.2, -0.15) is 0 Å². The quantitative estimate of drug-likeness (QED) is 0.0321. The Kier molecular flexibility index (Phi) is 51.6. The highest BCUT2D eigenvalue weighted by atomic mass is 16.5. The van der Waals surface area contributed by atoms with Gasteiger partial charge < -0.3 is 20.3 Å². The Labute approximate surface area is 392 Å². The summed E-state index contributed by atoms with van der Waals surface area (Å²) < 4.78 is 5.47. The molecule has 0 aliphatic heterocycles. The van der Waals surface area contributed by atoms with Crippen LogP contribution in [0.2, 0.25) is 0 Å². The van der Waals surface area contributed by atoms with Gasteiger partial charge in [0.25, 0.3) is 0 Å². The van der Waals surface area contributed by atoms with Gasteiger partial charge in [-0.25, -0.2) is 0 Å². The van der Waals surface area contributed by atoms with Crippen LogP contribution < -0.4 is 5.32 Å². The zero-order valence-electron chi connectivity index (χ0n) is 42.3. The molecule has 1 amide bonds. The Balaban J connectivity index is 3.46. The van der Waals surface area contributed by atoms with Crippen molar-refractivity contribution in [3.63, 3.8) is 0 Å². The van der Waals surface area contributed by atoms with E-state index in [1.807, 2.05) is 6.08 Å². The molecule has 0 saturated carbocycles. The van der Waals surface area contributed by atoms with Crippen LogP contribution in [0.25, 0.3) is 0 Å². The molecule has 0 aromatic carbocycles. The SMILES string of the molecule is CCCCCCCCCCCCCC/C=C/C(O)C(CO)NC(=O)CCCCCCC/C=C\CCCCCCCCCCCOC(=O)CCCCCCCCCCCCCCCC. The summed E-state index contributed by atoms with van der Waals surface area (Å²) in [7, 11) is 0. The molecule has 0 aliphatic rings. The van der Waals surface area contributed by atoms with Crippen LogP contribution >= 0.6 is 0 Å². The molecule has 0 saturated heterocycles. The van der Waals surface area contributed by atoms with Crippen molar-refractivity contribution in [2.24, 2.45) is 0 Å². The third-order valence-corrected chi connectivity index (χ3v) is 13.0. The van der Waals surface area contributed by atoms with Crippen molar-refractivity contribution in [1.29, 1.82) is 0 Å². The van der Waals surface area contributed by atoms with Gasteiger partial charge in [0.05, 0.1) is 25.4 Å². The molecular weight excluding hydrogens is 779 g/mol. The highest BCUT2D eigenvalue weighted by Crippen LogP contribution is 2.16. The summed E-state index contributed by atoms with van der Waals surface area (Å²) in [6.07, 6.45) is 63.3. The van der Waals surface area contributed by atoms with Crippen molar-refractivity contribution in [1.82, 2.24) is 5.32 Å². The second-order valence-corrected chi connectivity index (χ2v) is 19.3. The average Bonchev–Trinajstić information content (AvgIpc) is 3.28. The maximum absolute atomic E-state index is 12.4. The van der Waals surface area contributed by atoms with Crippen LogP contribution in [0.1, 0.15) is 303 Å². The van der Waals surface area contributed by atoms with Crippen LogP contribution in [0, 0.1) is 0 Å². The van der Waals surface area contributed by atoms with E-state index in [1.54, 1.807) is 6.08 Å². The molecule has 0 spiro atoms. The number of hydrogen-bond donors (Lipinski definition) is 3. The molecule has 3 N–H and O–H groups in total. The monoisotopic (exact) mass is 888 g/mol. The lowest BCUT2D eigenvalue weighted by Gasteiger charge is -2.20. The summed E-state index contributed by atoms with van der Waals surface area (Å²) in [6, 6.07) is -0.637. The van der Waals surface area contributed by atoms with E-state index < -0.39 is 12.1 Å². The number of esters is 1. The van der Waals surface area contributed by atoms with Gasteiger partial charge >= 0.3 is 5.97 Å². The van der Waals surface area contributed by atoms with Crippen LogP contribution in [-0.2, 0) is 14.3 Å². The average molecular weight is 889 g/mol. The standard InChI is InChI=1S/C57H109NO5/c1-3-5-7-9-11-13-15-17-25-29-33-37-41-45-49-55(60)54(53-59)58-56(61)50-46-42-38-34-30-26-23-21-19-20-22-24-28-32-36-40-44-48-52-63-57(62)51-47-43-39-35-31-27-18-16-14-12-10-8-6-4-2/h21,23,45,49,54-55,59-60H,3-20,22,24-44,46-48,50-53H2,1-2H3,(H,58,61)/b23-21-,49-45+. The number of carbonyl (C=O) groups excluding carboxylic acids is 2. The smallest absolute Gasteiger partial charge is 0.305 e. The molecule has 63 heavy (non-hydrogen) atoms. The lowest BCUT2D eigenvalue weighted by Crippen LogP contribution is -2.45. The van der Waals surface area contributed by atoms with E-state index in [1.165, 1.54) is 218 Å². The molecule has 0 aliphatic carbocycles. The van der Waals surface area contributed by atoms with E-state index in [2.05, 4.69) is 31.3 Å². The fourth-order valence-corrected chi connectivity index (χ4v) is 8.63. The summed E-state index contributed by atoms with van der Waals surface area (Å²) in [6.45, 7) is 4.89. The number of allylic oxidation sites excluding steroid dienone is 3. The van der Waals surface area contributed by atoms with E-state index in [0.29, 0.717) is 19.4 Å². The molecule has 6 nitrogen and oxygen atoms in total. The van der Waals surface area contributed by atoms with Crippen molar-refractivity contribution in [2.75, 3.05) is 13.2 Å². The lowest BCUT2D eigenvalue weighted by molar-refractivity contribution is -0.143. The van der Waals surface area contributed by atoms with Crippen LogP contribution in [0.5, 0.6) is 0 Å². The van der Waals surface area contributed by atoms with Crippen molar-refractivity contribution in [3.05, 3.63) is 24.3 Å². The number of nitrogens with one attached hydrogen (secondary N) is 1. The van der Waals surface area contributed by atoms with Crippen molar-refractivity contribution < 1.29 is 24.5 Å². The fourth-order valence-electron chi connectivity index (χ4n) is 8.63. The van der Waals surface area contributed by atoms with Crippen molar-refractivity contribution >= 4 is 11.9 Å². The van der Waals surface area contributed by atoms with Gasteiger partial charge in [-0.15, -0.1) is 0 Å². The third-order valence-electron chi connectivity index (χ3n) is 13.0. The Hall–Kier alpha value is -1.66. The topological polar surface area (TPSA) is 95.9 Å². The predicted molar refractivity (Wildman–Crippen MR) is 273 cm³/mol. The number of aliphatic hydroxyl groups is 2. The summed E-state index contributed by atoms with van der Waals surface area (Å²) in [4.78, 5) is 24.5. The minimum atomic E-state index is -0.852. The van der Waals surface area contributed by atoms with Gasteiger partial charge in [-0.3, -0.25) is 9.59 Å². The number of unbranched alkanes of at least 4 members (excludes halogenated alkanes) is 39. The van der Waals surface area contributed by atoms with Gasteiger partial charge in [-0.05, 0) is 57.8 Å². The van der Waals surface area contributed by atoms with E-state index in [0.717, 1.165) is 57.8 Å². The number of rotatable bonds is 52. The molecule has 6 heteroatoms.